The molecule has 2 unspecified atom stereocenters. The van der Waals surface area contributed by atoms with Gasteiger partial charge >= 0.3 is 0 Å². The fourth-order valence-corrected chi connectivity index (χ4v) is 1.44. The standard InChI is InChI=1S/C10H14ClNO3/c1-15-6-2-3-8(11)7(4-6)10(14)9(13)5-12/h2-4,9-10,13-14H,5,12H2,1H3. The third-order valence-electron chi connectivity index (χ3n) is 2.13. The first-order valence-corrected chi connectivity index (χ1v) is 4.87. The minimum absolute atomic E-state index is 0.0330. The summed E-state index contributed by atoms with van der Waals surface area (Å²) in [6, 6.07) is 4.85. The molecule has 0 radical (unpaired) electrons. The lowest BCUT2D eigenvalue weighted by Crippen LogP contribution is -2.27. The maximum atomic E-state index is 9.72. The summed E-state index contributed by atoms with van der Waals surface area (Å²) >= 11 is 5.88. The van der Waals surface area contributed by atoms with Gasteiger partial charge in [0.25, 0.3) is 0 Å². The van der Waals surface area contributed by atoms with Gasteiger partial charge in [0.15, 0.2) is 0 Å². The molecular formula is C10H14ClNO3. The molecular weight excluding hydrogens is 218 g/mol. The molecule has 0 aromatic heterocycles. The van der Waals surface area contributed by atoms with Gasteiger partial charge < -0.3 is 20.7 Å². The molecule has 0 fully saturated rings. The highest BCUT2D eigenvalue weighted by atomic mass is 35.5. The number of benzene rings is 1. The van der Waals surface area contributed by atoms with Crippen LogP contribution in [0.15, 0.2) is 18.2 Å². The molecule has 0 spiro atoms. The van der Waals surface area contributed by atoms with Gasteiger partial charge in [0, 0.05) is 17.1 Å². The van der Waals surface area contributed by atoms with Crippen LogP contribution in [-0.2, 0) is 0 Å². The molecule has 0 aliphatic rings. The lowest BCUT2D eigenvalue weighted by molar-refractivity contribution is 0.0243. The molecule has 2 atom stereocenters. The van der Waals surface area contributed by atoms with E-state index in [1.165, 1.54) is 7.11 Å². The van der Waals surface area contributed by atoms with Gasteiger partial charge in [-0.25, -0.2) is 0 Å². The van der Waals surface area contributed by atoms with Crippen LogP contribution in [0.4, 0.5) is 0 Å². The van der Waals surface area contributed by atoms with E-state index in [2.05, 4.69) is 0 Å². The quantitative estimate of drug-likeness (QED) is 0.713. The van der Waals surface area contributed by atoms with Crippen LogP contribution in [0, 0.1) is 0 Å². The number of aliphatic hydroxyl groups is 2. The zero-order valence-electron chi connectivity index (χ0n) is 8.35. The normalized spacial score (nSPS) is 14.7. The van der Waals surface area contributed by atoms with Gasteiger partial charge in [-0.2, -0.15) is 0 Å². The predicted octanol–water partition coefficient (Wildman–Crippen LogP) is 0.702. The first-order chi connectivity index (χ1) is 7.10. The number of hydrogen-bond acceptors (Lipinski definition) is 4. The molecule has 5 heteroatoms. The van der Waals surface area contributed by atoms with Gasteiger partial charge in [-0.15, -0.1) is 0 Å². The van der Waals surface area contributed by atoms with E-state index >= 15 is 0 Å². The highest BCUT2D eigenvalue weighted by Gasteiger charge is 2.19. The third kappa shape index (κ3) is 2.82. The van der Waals surface area contributed by atoms with Crippen molar-refractivity contribution in [2.45, 2.75) is 12.2 Å². The number of hydrogen-bond donors (Lipinski definition) is 3. The van der Waals surface area contributed by atoms with Crippen LogP contribution >= 0.6 is 11.6 Å². The predicted molar refractivity (Wildman–Crippen MR) is 58.0 cm³/mol. The Morgan fingerprint density at radius 2 is 2.13 bits per heavy atom. The van der Waals surface area contributed by atoms with Gasteiger partial charge in [-0.05, 0) is 18.2 Å². The summed E-state index contributed by atoms with van der Waals surface area (Å²) < 4.78 is 4.99. The van der Waals surface area contributed by atoms with Crippen molar-refractivity contribution in [3.8, 4) is 5.75 Å². The van der Waals surface area contributed by atoms with Crippen LogP contribution < -0.4 is 10.5 Å². The summed E-state index contributed by atoms with van der Waals surface area (Å²) in [6.45, 7) is -0.0330. The number of methoxy groups -OCH3 is 1. The van der Waals surface area contributed by atoms with Crippen molar-refractivity contribution in [2.75, 3.05) is 13.7 Å². The van der Waals surface area contributed by atoms with Crippen molar-refractivity contribution in [1.82, 2.24) is 0 Å². The Kier molecular flexibility index (Phi) is 4.35. The number of rotatable bonds is 4. The molecule has 0 aliphatic carbocycles. The van der Waals surface area contributed by atoms with Crippen molar-refractivity contribution in [3.05, 3.63) is 28.8 Å². The summed E-state index contributed by atoms with van der Waals surface area (Å²) in [7, 11) is 1.51. The van der Waals surface area contributed by atoms with E-state index < -0.39 is 12.2 Å². The summed E-state index contributed by atoms with van der Waals surface area (Å²) in [4.78, 5) is 0. The van der Waals surface area contributed by atoms with Gasteiger partial charge in [-0.1, -0.05) is 11.6 Å². The van der Waals surface area contributed by atoms with Gasteiger partial charge in [0.05, 0.1) is 13.2 Å². The zero-order valence-corrected chi connectivity index (χ0v) is 9.11. The Morgan fingerprint density at radius 3 is 2.67 bits per heavy atom. The fraction of sp³-hybridized carbons (Fsp3) is 0.400. The Bertz CT molecular complexity index is 332. The lowest BCUT2D eigenvalue weighted by Gasteiger charge is -2.18. The van der Waals surface area contributed by atoms with E-state index in [4.69, 9.17) is 22.1 Å². The largest absolute Gasteiger partial charge is 0.497 e. The van der Waals surface area contributed by atoms with Crippen molar-refractivity contribution >= 4 is 11.6 Å². The molecule has 0 saturated heterocycles. The molecule has 4 N–H and O–H groups in total. The smallest absolute Gasteiger partial charge is 0.119 e. The van der Waals surface area contributed by atoms with Crippen LogP contribution in [0.2, 0.25) is 5.02 Å². The van der Waals surface area contributed by atoms with Gasteiger partial charge in [0.1, 0.15) is 11.9 Å². The van der Waals surface area contributed by atoms with Crippen LogP contribution in [-0.4, -0.2) is 30.0 Å². The first kappa shape index (κ1) is 12.3. The molecule has 1 rings (SSSR count). The number of ether oxygens (including phenoxy) is 1. The fourth-order valence-electron chi connectivity index (χ4n) is 1.21. The van der Waals surface area contributed by atoms with Crippen molar-refractivity contribution < 1.29 is 14.9 Å². The average Bonchev–Trinajstić information content (AvgIpc) is 2.27. The minimum atomic E-state index is -1.10. The summed E-state index contributed by atoms with van der Waals surface area (Å²) in [6.07, 6.45) is -2.13. The monoisotopic (exact) mass is 231 g/mol. The lowest BCUT2D eigenvalue weighted by atomic mass is 10.0. The molecule has 1 aromatic rings. The maximum absolute atomic E-state index is 9.72. The van der Waals surface area contributed by atoms with E-state index in [0.29, 0.717) is 16.3 Å². The zero-order chi connectivity index (χ0) is 11.4. The molecule has 1 aromatic carbocycles. The Hall–Kier alpha value is -0.810. The Morgan fingerprint density at radius 1 is 1.47 bits per heavy atom. The van der Waals surface area contributed by atoms with Crippen LogP contribution in [0.25, 0.3) is 0 Å². The first-order valence-electron chi connectivity index (χ1n) is 4.49. The minimum Gasteiger partial charge on any atom is -0.497 e. The summed E-state index contributed by atoms with van der Waals surface area (Å²) in [5.41, 5.74) is 5.66. The van der Waals surface area contributed by atoms with Gasteiger partial charge in [0.2, 0.25) is 0 Å². The van der Waals surface area contributed by atoms with E-state index in [9.17, 15) is 10.2 Å². The molecule has 84 valence electrons. The molecule has 0 saturated carbocycles. The van der Waals surface area contributed by atoms with Crippen molar-refractivity contribution in [2.24, 2.45) is 5.73 Å². The van der Waals surface area contributed by atoms with Crippen LogP contribution in [0.5, 0.6) is 5.75 Å². The van der Waals surface area contributed by atoms with Crippen LogP contribution in [0.3, 0.4) is 0 Å². The molecule has 15 heavy (non-hydrogen) atoms. The second kappa shape index (κ2) is 5.32. The molecule has 0 bridgehead atoms. The molecule has 0 aliphatic heterocycles. The van der Waals surface area contributed by atoms with E-state index in [1.54, 1.807) is 18.2 Å². The van der Waals surface area contributed by atoms with Gasteiger partial charge in [-0.3, -0.25) is 0 Å². The second-order valence-corrected chi connectivity index (χ2v) is 3.54. The van der Waals surface area contributed by atoms with E-state index in [0.717, 1.165) is 0 Å². The number of nitrogens with two attached hydrogens (primary N) is 1. The Labute approximate surface area is 93.2 Å². The molecule has 0 heterocycles. The highest BCUT2D eigenvalue weighted by Crippen LogP contribution is 2.28. The highest BCUT2D eigenvalue weighted by molar-refractivity contribution is 6.31. The number of aliphatic hydroxyl groups excluding tert-OH is 2. The number of halogens is 1. The summed E-state index contributed by atoms with van der Waals surface area (Å²) in [5.74, 6) is 0.567. The Balaban J connectivity index is 3.01. The average molecular weight is 232 g/mol. The maximum Gasteiger partial charge on any atom is 0.119 e. The van der Waals surface area contributed by atoms with E-state index in [-0.39, 0.29) is 6.54 Å². The van der Waals surface area contributed by atoms with Crippen molar-refractivity contribution in [3.63, 3.8) is 0 Å². The third-order valence-corrected chi connectivity index (χ3v) is 2.47. The molecule has 4 nitrogen and oxygen atoms in total. The van der Waals surface area contributed by atoms with Crippen LogP contribution in [0.1, 0.15) is 11.7 Å². The summed E-state index contributed by atoms with van der Waals surface area (Å²) in [5, 5.41) is 19.5. The second-order valence-electron chi connectivity index (χ2n) is 3.14. The van der Waals surface area contributed by atoms with E-state index in [1.807, 2.05) is 0 Å². The topological polar surface area (TPSA) is 75.7 Å². The molecule has 0 amide bonds. The van der Waals surface area contributed by atoms with Crippen molar-refractivity contribution in [1.29, 1.82) is 0 Å². The SMILES string of the molecule is COc1ccc(Cl)c(C(O)C(O)CN)c1.